The summed E-state index contributed by atoms with van der Waals surface area (Å²) in [6.45, 7) is 3.23. The summed E-state index contributed by atoms with van der Waals surface area (Å²) in [6, 6.07) is 8.14. The second-order valence-corrected chi connectivity index (χ2v) is 6.91. The Hall–Kier alpha value is -2.47. The van der Waals surface area contributed by atoms with E-state index in [0.717, 1.165) is 31.1 Å². The number of anilines is 1. The molecule has 2 aromatic rings. The summed E-state index contributed by atoms with van der Waals surface area (Å²) in [6.07, 6.45) is 6.22. The lowest BCUT2D eigenvalue weighted by Gasteiger charge is -2.37. The van der Waals surface area contributed by atoms with Gasteiger partial charge in [0.1, 0.15) is 11.5 Å². The van der Waals surface area contributed by atoms with Gasteiger partial charge in [0.25, 0.3) is 0 Å². The Bertz CT molecular complexity index is 764. The van der Waals surface area contributed by atoms with Crippen LogP contribution in [0.4, 0.5) is 5.69 Å². The average molecular weight is 355 g/mol. The summed E-state index contributed by atoms with van der Waals surface area (Å²) in [5, 5.41) is 3.57. The molecular formula is C20H25N3O3. The van der Waals surface area contributed by atoms with Gasteiger partial charge in [-0.3, -0.25) is 4.98 Å². The van der Waals surface area contributed by atoms with Gasteiger partial charge in [-0.15, -0.1) is 0 Å². The molecule has 5 rings (SSSR count). The molecule has 0 radical (unpaired) electrons. The molecule has 6 nitrogen and oxygen atoms in total. The highest BCUT2D eigenvalue weighted by Crippen LogP contribution is 2.35. The van der Waals surface area contributed by atoms with E-state index in [1.165, 1.54) is 12.8 Å². The molecule has 0 aliphatic carbocycles. The largest absolute Gasteiger partial charge is 0.493 e. The number of rotatable bonds is 5. The van der Waals surface area contributed by atoms with Crippen molar-refractivity contribution < 1.29 is 14.2 Å². The Morgan fingerprint density at radius 1 is 1.00 bits per heavy atom. The van der Waals surface area contributed by atoms with E-state index in [9.17, 15) is 0 Å². The van der Waals surface area contributed by atoms with E-state index < -0.39 is 0 Å². The predicted octanol–water partition coefficient (Wildman–Crippen LogP) is 3.08. The van der Waals surface area contributed by atoms with E-state index in [1.807, 2.05) is 24.4 Å². The van der Waals surface area contributed by atoms with Crippen molar-refractivity contribution in [2.24, 2.45) is 5.92 Å². The SMILES string of the molecule is COc1ccc(Oc2cncc(N3CC4CCC3CNC4)c2)cc1OC. The van der Waals surface area contributed by atoms with Gasteiger partial charge in [-0.25, -0.2) is 0 Å². The number of nitrogens with one attached hydrogen (secondary N) is 1. The van der Waals surface area contributed by atoms with Crippen LogP contribution in [-0.4, -0.2) is 44.9 Å². The molecule has 2 atom stereocenters. The Labute approximate surface area is 154 Å². The fourth-order valence-corrected chi connectivity index (χ4v) is 3.89. The van der Waals surface area contributed by atoms with Crippen molar-refractivity contribution in [3.63, 3.8) is 0 Å². The maximum Gasteiger partial charge on any atom is 0.164 e. The van der Waals surface area contributed by atoms with E-state index in [4.69, 9.17) is 14.2 Å². The molecule has 6 heteroatoms. The zero-order valence-electron chi connectivity index (χ0n) is 15.3. The van der Waals surface area contributed by atoms with Gasteiger partial charge in [0.2, 0.25) is 0 Å². The monoisotopic (exact) mass is 355 g/mol. The summed E-state index contributed by atoms with van der Waals surface area (Å²) < 4.78 is 16.6. The lowest BCUT2D eigenvalue weighted by Crippen LogP contribution is -2.43. The first kappa shape index (κ1) is 17.0. The first-order valence-electron chi connectivity index (χ1n) is 9.09. The van der Waals surface area contributed by atoms with Crippen LogP contribution in [0.5, 0.6) is 23.0 Å². The minimum absolute atomic E-state index is 0.534. The van der Waals surface area contributed by atoms with Gasteiger partial charge in [-0.1, -0.05) is 0 Å². The van der Waals surface area contributed by atoms with E-state index in [-0.39, 0.29) is 0 Å². The number of benzene rings is 1. The number of fused-ring (bicyclic) bond motifs is 4. The van der Waals surface area contributed by atoms with Gasteiger partial charge >= 0.3 is 0 Å². The van der Waals surface area contributed by atoms with E-state index in [2.05, 4.69) is 21.3 Å². The molecule has 1 N–H and O–H groups in total. The molecule has 3 saturated heterocycles. The van der Waals surface area contributed by atoms with Gasteiger partial charge in [0.05, 0.1) is 32.3 Å². The summed E-state index contributed by atoms with van der Waals surface area (Å²) in [5.41, 5.74) is 1.13. The third-order valence-electron chi connectivity index (χ3n) is 5.24. The zero-order valence-corrected chi connectivity index (χ0v) is 15.3. The van der Waals surface area contributed by atoms with Crippen LogP contribution < -0.4 is 24.4 Å². The van der Waals surface area contributed by atoms with Crippen LogP contribution >= 0.6 is 0 Å². The van der Waals surface area contributed by atoms with Gasteiger partial charge in [-0.05, 0) is 37.4 Å². The Morgan fingerprint density at radius 2 is 1.88 bits per heavy atom. The van der Waals surface area contributed by atoms with Crippen LogP contribution in [0.1, 0.15) is 12.8 Å². The Balaban J connectivity index is 1.55. The molecule has 1 aromatic heterocycles. The number of ether oxygens (including phenoxy) is 3. The minimum atomic E-state index is 0.534. The van der Waals surface area contributed by atoms with Crippen molar-refractivity contribution in [1.82, 2.24) is 10.3 Å². The molecule has 2 bridgehead atoms. The average Bonchev–Trinajstić information content (AvgIpc) is 3.04. The highest BCUT2D eigenvalue weighted by Gasteiger charge is 2.31. The smallest absolute Gasteiger partial charge is 0.164 e. The lowest BCUT2D eigenvalue weighted by atomic mass is 9.94. The minimum Gasteiger partial charge on any atom is -0.493 e. The fraction of sp³-hybridized carbons (Fsp3) is 0.450. The quantitative estimate of drug-likeness (QED) is 0.890. The third kappa shape index (κ3) is 3.42. The van der Waals surface area contributed by atoms with Crippen LogP contribution in [0, 0.1) is 5.92 Å². The highest BCUT2D eigenvalue weighted by molar-refractivity contribution is 5.52. The van der Waals surface area contributed by atoms with Crippen molar-refractivity contribution in [3.8, 4) is 23.0 Å². The summed E-state index contributed by atoms with van der Waals surface area (Å²) >= 11 is 0. The molecule has 0 amide bonds. The zero-order chi connectivity index (χ0) is 17.9. The van der Waals surface area contributed by atoms with Crippen molar-refractivity contribution in [3.05, 3.63) is 36.7 Å². The first-order valence-corrected chi connectivity index (χ1v) is 9.09. The van der Waals surface area contributed by atoms with Gasteiger partial charge in [0, 0.05) is 31.3 Å². The molecular weight excluding hydrogens is 330 g/mol. The Kier molecular flexibility index (Phi) is 4.84. The molecule has 138 valence electrons. The van der Waals surface area contributed by atoms with Gasteiger partial charge in [0.15, 0.2) is 11.5 Å². The highest BCUT2D eigenvalue weighted by atomic mass is 16.5. The lowest BCUT2D eigenvalue weighted by molar-refractivity contribution is 0.352. The van der Waals surface area contributed by atoms with Crippen molar-refractivity contribution in [2.45, 2.75) is 18.9 Å². The van der Waals surface area contributed by atoms with Gasteiger partial charge < -0.3 is 24.4 Å². The number of hydrogen-bond donors (Lipinski definition) is 1. The normalized spacial score (nSPS) is 22.0. The van der Waals surface area contributed by atoms with Gasteiger partial charge in [-0.2, -0.15) is 0 Å². The molecule has 3 aliphatic heterocycles. The summed E-state index contributed by atoms with van der Waals surface area (Å²) in [7, 11) is 3.24. The molecule has 0 saturated carbocycles. The molecule has 2 unspecified atom stereocenters. The van der Waals surface area contributed by atoms with Crippen LogP contribution in [0.2, 0.25) is 0 Å². The topological polar surface area (TPSA) is 55.9 Å². The van der Waals surface area contributed by atoms with Crippen LogP contribution in [0.3, 0.4) is 0 Å². The third-order valence-corrected chi connectivity index (χ3v) is 5.24. The number of nitrogens with zero attached hydrogens (tertiary/aromatic N) is 2. The van der Waals surface area contributed by atoms with Crippen LogP contribution in [-0.2, 0) is 0 Å². The molecule has 4 heterocycles. The van der Waals surface area contributed by atoms with Crippen molar-refractivity contribution >= 4 is 5.69 Å². The molecule has 3 fully saturated rings. The number of piperidine rings is 1. The molecule has 1 aromatic carbocycles. The fourth-order valence-electron chi connectivity index (χ4n) is 3.89. The van der Waals surface area contributed by atoms with Crippen molar-refractivity contribution in [2.75, 3.05) is 38.8 Å². The predicted molar refractivity (Wildman–Crippen MR) is 101 cm³/mol. The first-order chi connectivity index (χ1) is 12.8. The van der Waals surface area contributed by atoms with Crippen molar-refractivity contribution in [1.29, 1.82) is 0 Å². The molecule has 26 heavy (non-hydrogen) atoms. The van der Waals surface area contributed by atoms with E-state index >= 15 is 0 Å². The summed E-state index contributed by atoms with van der Waals surface area (Å²) in [4.78, 5) is 6.88. The maximum atomic E-state index is 6.02. The van der Waals surface area contributed by atoms with Crippen LogP contribution in [0.25, 0.3) is 0 Å². The number of pyridine rings is 1. The molecule has 3 aliphatic rings. The number of methoxy groups -OCH3 is 2. The van der Waals surface area contributed by atoms with E-state index in [0.29, 0.717) is 29.2 Å². The number of aromatic nitrogens is 1. The molecule has 0 spiro atoms. The van der Waals surface area contributed by atoms with E-state index in [1.54, 1.807) is 20.4 Å². The van der Waals surface area contributed by atoms with Crippen LogP contribution in [0.15, 0.2) is 36.7 Å². The summed E-state index contributed by atoms with van der Waals surface area (Å²) in [5.74, 6) is 3.46. The number of hydrogen-bond acceptors (Lipinski definition) is 6. The second-order valence-electron chi connectivity index (χ2n) is 6.91. The second kappa shape index (κ2) is 7.41. The maximum absolute atomic E-state index is 6.02. The standard InChI is InChI=1S/C20H25N3O3/c1-24-19-6-5-17(8-20(19)25-2)26-18-7-16(11-22-12-18)23-13-14-3-4-15(23)10-21-9-14/h5-8,11-12,14-15,21H,3-4,9-10,13H2,1-2H3. The Morgan fingerprint density at radius 3 is 2.73 bits per heavy atom.